The highest BCUT2D eigenvalue weighted by Crippen LogP contribution is 2.21. The minimum atomic E-state index is -1.14. The highest BCUT2D eigenvalue weighted by atomic mass is 79.9. The van der Waals surface area contributed by atoms with Crippen LogP contribution in [0.5, 0.6) is 0 Å². The molecule has 0 heterocycles. The van der Waals surface area contributed by atoms with Crippen molar-refractivity contribution in [3.63, 3.8) is 0 Å². The van der Waals surface area contributed by atoms with Gasteiger partial charge in [-0.15, -0.1) is 0 Å². The van der Waals surface area contributed by atoms with Crippen LogP contribution < -0.4 is 5.32 Å². The van der Waals surface area contributed by atoms with E-state index in [1.165, 1.54) is 30.4 Å². The number of carbonyl (C=O) groups excluding carboxylic acids is 1. The van der Waals surface area contributed by atoms with Gasteiger partial charge in [-0.1, -0.05) is 34.7 Å². The average molecular weight is 361 g/mol. The number of carbonyl (C=O) groups is 2. The molecule has 0 aliphatic heterocycles. The van der Waals surface area contributed by atoms with Gasteiger partial charge in [-0.2, -0.15) is 5.26 Å². The molecule has 22 heavy (non-hydrogen) atoms. The van der Waals surface area contributed by atoms with Gasteiger partial charge in [0.1, 0.15) is 0 Å². The van der Waals surface area contributed by atoms with Crippen molar-refractivity contribution < 1.29 is 14.7 Å². The van der Waals surface area contributed by atoms with E-state index < -0.39 is 11.9 Å². The Balaban J connectivity index is 3.01. The van der Waals surface area contributed by atoms with Gasteiger partial charge in [0.25, 0.3) is 5.91 Å². The summed E-state index contributed by atoms with van der Waals surface area (Å²) in [5, 5.41) is 20.4. The number of nitriles is 1. The van der Waals surface area contributed by atoms with E-state index in [-0.39, 0.29) is 11.3 Å². The quantitative estimate of drug-likeness (QED) is 0.476. The normalized spacial score (nSPS) is 11.5. The Bertz CT molecular complexity index is 727. The number of nitrogens with one attached hydrogen (secondary N) is 1. The number of hydrogen-bond acceptors (Lipinski definition) is 3. The maximum Gasteiger partial charge on any atom is 0.337 e. The maximum atomic E-state index is 12.0. The van der Waals surface area contributed by atoms with Crippen molar-refractivity contribution in [2.24, 2.45) is 0 Å². The van der Waals surface area contributed by atoms with Gasteiger partial charge >= 0.3 is 5.97 Å². The van der Waals surface area contributed by atoms with Crippen molar-refractivity contribution in [3.8, 4) is 6.07 Å². The molecule has 0 saturated heterocycles. The van der Waals surface area contributed by atoms with E-state index >= 15 is 0 Å². The fourth-order valence-electron chi connectivity index (χ4n) is 1.46. The molecule has 0 fully saturated rings. The summed E-state index contributed by atoms with van der Waals surface area (Å²) in [5.74, 6) is -1.60. The number of nitrogens with zero attached hydrogens (tertiary/aromatic N) is 1. The van der Waals surface area contributed by atoms with Crippen LogP contribution in [0, 0.1) is 11.3 Å². The molecule has 6 heteroatoms. The number of carboxylic acid groups (broad SMARTS) is 1. The molecule has 0 aliphatic carbocycles. The van der Waals surface area contributed by atoms with E-state index in [0.717, 1.165) is 0 Å². The van der Waals surface area contributed by atoms with E-state index in [9.17, 15) is 9.59 Å². The van der Waals surface area contributed by atoms with Crippen LogP contribution in [0.3, 0.4) is 0 Å². The molecule has 112 valence electrons. The minimum absolute atomic E-state index is 0.0186. The van der Waals surface area contributed by atoms with Gasteiger partial charge in [-0.25, -0.2) is 4.79 Å². The highest BCUT2D eigenvalue weighted by Gasteiger charge is 2.13. The van der Waals surface area contributed by atoms with Crippen LogP contribution in [0.4, 0.5) is 5.69 Å². The first kappa shape index (κ1) is 17.4. The van der Waals surface area contributed by atoms with Crippen LogP contribution in [-0.4, -0.2) is 17.0 Å². The molecule has 1 amide bonds. The van der Waals surface area contributed by atoms with Gasteiger partial charge in [0.15, 0.2) is 0 Å². The molecule has 1 aromatic carbocycles. The molecular formula is C16H13BrN2O3. The Kier molecular flexibility index (Phi) is 6.29. The van der Waals surface area contributed by atoms with Crippen LogP contribution >= 0.6 is 15.9 Å². The number of anilines is 1. The van der Waals surface area contributed by atoms with E-state index in [1.807, 2.05) is 6.07 Å². The zero-order chi connectivity index (χ0) is 16.7. The number of halogens is 1. The number of amides is 1. The Morgan fingerprint density at radius 2 is 2.09 bits per heavy atom. The first-order valence-electron chi connectivity index (χ1n) is 6.14. The van der Waals surface area contributed by atoms with Crippen molar-refractivity contribution in [3.05, 3.63) is 64.2 Å². The Hall–Kier alpha value is -2.65. The van der Waals surface area contributed by atoms with E-state index in [2.05, 4.69) is 27.8 Å². The summed E-state index contributed by atoms with van der Waals surface area (Å²) in [6.45, 7) is 5.03. The summed E-state index contributed by atoms with van der Waals surface area (Å²) in [6, 6.07) is 6.45. The molecule has 2 N–H and O–H groups in total. The number of allylic oxidation sites excluding steroid dienone is 4. The number of rotatable bonds is 5. The molecule has 0 atom stereocenters. The molecule has 0 radical (unpaired) electrons. The fourth-order valence-corrected chi connectivity index (χ4v) is 1.83. The maximum absolute atomic E-state index is 12.0. The van der Waals surface area contributed by atoms with Crippen molar-refractivity contribution >= 4 is 33.5 Å². The summed E-state index contributed by atoms with van der Waals surface area (Å²) >= 11 is 3.18. The summed E-state index contributed by atoms with van der Waals surface area (Å²) in [7, 11) is 0. The van der Waals surface area contributed by atoms with E-state index in [4.69, 9.17) is 10.4 Å². The lowest BCUT2D eigenvalue weighted by atomic mass is 10.1. The van der Waals surface area contributed by atoms with Gasteiger partial charge in [-0.05, 0) is 31.2 Å². The molecule has 1 aromatic rings. The second kappa shape index (κ2) is 7.96. The summed E-state index contributed by atoms with van der Waals surface area (Å²) in [5.41, 5.74) is 0.826. The SMILES string of the molecule is C=C/C(C#N)=C\C=C(/C)C(=O)Nc1ccc(Br)cc1C(=O)O. The van der Waals surface area contributed by atoms with E-state index in [1.54, 1.807) is 13.0 Å². The molecule has 0 aliphatic rings. The smallest absolute Gasteiger partial charge is 0.337 e. The zero-order valence-corrected chi connectivity index (χ0v) is 13.3. The van der Waals surface area contributed by atoms with Crippen LogP contribution in [0.2, 0.25) is 0 Å². The third-order valence-corrected chi connectivity index (χ3v) is 3.17. The summed E-state index contributed by atoms with van der Waals surface area (Å²) in [4.78, 5) is 23.2. The van der Waals surface area contributed by atoms with Crippen LogP contribution in [0.25, 0.3) is 0 Å². The summed E-state index contributed by atoms with van der Waals surface area (Å²) in [6.07, 6.45) is 4.30. The minimum Gasteiger partial charge on any atom is -0.478 e. The number of carboxylic acids is 1. The molecule has 0 spiro atoms. The highest BCUT2D eigenvalue weighted by molar-refractivity contribution is 9.10. The van der Waals surface area contributed by atoms with Crippen molar-refractivity contribution in [1.82, 2.24) is 0 Å². The lowest BCUT2D eigenvalue weighted by Gasteiger charge is -2.09. The predicted molar refractivity (Wildman–Crippen MR) is 87.4 cm³/mol. The van der Waals surface area contributed by atoms with Crippen molar-refractivity contribution in [2.45, 2.75) is 6.92 Å². The lowest BCUT2D eigenvalue weighted by Crippen LogP contribution is -2.15. The van der Waals surface area contributed by atoms with Crippen LogP contribution in [0.1, 0.15) is 17.3 Å². The van der Waals surface area contributed by atoms with Gasteiger partial charge in [0.2, 0.25) is 0 Å². The van der Waals surface area contributed by atoms with Crippen molar-refractivity contribution in [2.75, 3.05) is 5.32 Å². The third-order valence-electron chi connectivity index (χ3n) is 2.68. The first-order chi connectivity index (χ1) is 10.4. The Morgan fingerprint density at radius 3 is 2.64 bits per heavy atom. The van der Waals surface area contributed by atoms with Gasteiger partial charge < -0.3 is 10.4 Å². The average Bonchev–Trinajstić information content (AvgIpc) is 2.49. The molecular weight excluding hydrogens is 348 g/mol. The standard InChI is InChI=1S/C16H13BrN2O3/c1-3-11(9-18)5-4-10(2)15(20)19-14-7-6-12(17)8-13(14)16(21)22/h3-8H,1H2,2H3,(H,19,20)(H,21,22)/b10-4+,11-5+. The Morgan fingerprint density at radius 1 is 1.41 bits per heavy atom. The number of aromatic carboxylic acids is 1. The fraction of sp³-hybridized carbons (Fsp3) is 0.0625. The molecule has 5 nitrogen and oxygen atoms in total. The molecule has 0 unspecified atom stereocenters. The van der Waals surface area contributed by atoms with Crippen LogP contribution in [-0.2, 0) is 4.79 Å². The number of benzene rings is 1. The zero-order valence-electron chi connectivity index (χ0n) is 11.8. The predicted octanol–water partition coefficient (Wildman–Crippen LogP) is 3.67. The largest absolute Gasteiger partial charge is 0.478 e. The third kappa shape index (κ3) is 4.72. The second-order valence-electron chi connectivity index (χ2n) is 4.24. The molecule has 0 aromatic heterocycles. The topological polar surface area (TPSA) is 90.2 Å². The first-order valence-corrected chi connectivity index (χ1v) is 6.93. The lowest BCUT2D eigenvalue weighted by molar-refractivity contribution is -0.112. The molecule has 1 rings (SSSR count). The Labute approximate surface area is 136 Å². The van der Waals surface area contributed by atoms with Crippen molar-refractivity contribution in [1.29, 1.82) is 5.26 Å². The molecule has 0 bridgehead atoms. The van der Waals surface area contributed by atoms with E-state index in [0.29, 0.717) is 15.6 Å². The summed E-state index contributed by atoms with van der Waals surface area (Å²) < 4.78 is 0.600. The van der Waals surface area contributed by atoms with Crippen LogP contribution in [0.15, 0.2) is 58.6 Å². The molecule has 0 saturated carbocycles. The van der Waals surface area contributed by atoms with Gasteiger partial charge in [0.05, 0.1) is 22.9 Å². The van der Waals surface area contributed by atoms with Gasteiger partial charge in [-0.3, -0.25) is 4.79 Å². The van der Waals surface area contributed by atoms with Gasteiger partial charge in [0, 0.05) is 10.0 Å². The number of hydrogen-bond donors (Lipinski definition) is 2. The monoisotopic (exact) mass is 360 g/mol. The second-order valence-corrected chi connectivity index (χ2v) is 5.15.